The van der Waals surface area contributed by atoms with Crippen molar-refractivity contribution in [3.05, 3.63) is 41.5 Å². The van der Waals surface area contributed by atoms with Gasteiger partial charge in [-0.15, -0.1) is 0 Å². The van der Waals surface area contributed by atoms with Crippen LogP contribution in [-0.4, -0.2) is 24.3 Å². The Bertz CT molecular complexity index is 754. The minimum absolute atomic E-state index is 0.0190. The number of amides is 1. The molecule has 2 aromatic rings. The van der Waals surface area contributed by atoms with Crippen molar-refractivity contribution in [2.75, 3.05) is 12.0 Å². The topological polar surface area (TPSA) is 62.4 Å². The fourth-order valence-electron chi connectivity index (χ4n) is 2.92. The van der Waals surface area contributed by atoms with Gasteiger partial charge in [0.1, 0.15) is 5.75 Å². The molecule has 1 heterocycles. The summed E-state index contributed by atoms with van der Waals surface area (Å²) in [6.07, 6.45) is 5.03. The first-order valence-electron chi connectivity index (χ1n) is 7.47. The van der Waals surface area contributed by atoms with E-state index in [-0.39, 0.29) is 11.5 Å². The number of rotatable bonds is 4. The molecule has 23 heavy (non-hydrogen) atoms. The number of Topliss-reactive ketones (excluding diaryl/α,β-unsaturated/α-hetero) is 1. The van der Waals surface area contributed by atoms with Gasteiger partial charge < -0.3 is 9.72 Å². The lowest BCUT2D eigenvalue weighted by Gasteiger charge is -2.19. The van der Waals surface area contributed by atoms with Crippen molar-refractivity contribution in [3.8, 4) is 5.75 Å². The molecule has 1 aliphatic carbocycles. The van der Waals surface area contributed by atoms with Gasteiger partial charge in [-0.25, -0.2) is 4.39 Å². The molecule has 0 fully saturated rings. The van der Waals surface area contributed by atoms with Crippen molar-refractivity contribution in [2.45, 2.75) is 25.7 Å². The summed E-state index contributed by atoms with van der Waals surface area (Å²) in [6, 6.07) is 4.24. The first-order valence-corrected chi connectivity index (χ1v) is 7.47. The van der Waals surface area contributed by atoms with E-state index in [2.05, 4.69) is 4.98 Å². The summed E-state index contributed by atoms with van der Waals surface area (Å²) in [6.45, 7) is 0. The Kier molecular flexibility index (Phi) is 4.14. The molecule has 0 radical (unpaired) electrons. The second-order valence-corrected chi connectivity index (χ2v) is 5.45. The van der Waals surface area contributed by atoms with Crippen LogP contribution in [0.25, 0.3) is 0 Å². The molecular weight excluding hydrogens is 299 g/mol. The van der Waals surface area contributed by atoms with E-state index in [0.29, 0.717) is 29.8 Å². The van der Waals surface area contributed by atoms with E-state index in [9.17, 15) is 14.0 Å². The molecule has 0 spiro atoms. The van der Waals surface area contributed by atoms with Crippen LogP contribution in [0.2, 0.25) is 0 Å². The number of anilines is 2. The summed E-state index contributed by atoms with van der Waals surface area (Å²) >= 11 is 0. The van der Waals surface area contributed by atoms with Crippen molar-refractivity contribution < 1.29 is 18.7 Å². The number of benzene rings is 1. The fraction of sp³-hybridized carbons (Fsp3) is 0.294. The summed E-state index contributed by atoms with van der Waals surface area (Å²) in [5.74, 6) is -0.247. The summed E-state index contributed by atoms with van der Waals surface area (Å²) in [5, 5.41) is 0. The van der Waals surface area contributed by atoms with E-state index in [0.717, 1.165) is 29.9 Å². The lowest BCUT2D eigenvalue weighted by Crippen LogP contribution is -2.18. The third-order valence-electron chi connectivity index (χ3n) is 4.08. The highest BCUT2D eigenvalue weighted by molar-refractivity contribution is 6.06. The highest BCUT2D eigenvalue weighted by Crippen LogP contribution is 2.35. The molecule has 3 rings (SSSR count). The number of H-pyrrole nitrogens is 1. The number of nitrogens with zero attached hydrogens (tertiary/aromatic N) is 1. The molecule has 0 atom stereocenters. The number of aromatic amines is 1. The van der Waals surface area contributed by atoms with Crippen molar-refractivity contribution >= 4 is 23.6 Å². The summed E-state index contributed by atoms with van der Waals surface area (Å²) in [5.41, 5.74) is 1.78. The Balaban J connectivity index is 2.07. The van der Waals surface area contributed by atoms with Crippen LogP contribution >= 0.6 is 0 Å². The summed E-state index contributed by atoms with van der Waals surface area (Å²) in [7, 11) is 1.44. The maximum absolute atomic E-state index is 14.3. The van der Waals surface area contributed by atoms with Crippen LogP contribution in [0.5, 0.6) is 5.75 Å². The number of hydrogen-bond acceptors (Lipinski definition) is 3. The molecule has 120 valence electrons. The van der Waals surface area contributed by atoms with Gasteiger partial charge in [-0.2, -0.15) is 0 Å². The van der Waals surface area contributed by atoms with Gasteiger partial charge in [-0.1, -0.05) is 0 Å². The SMILES string of the molecule is COc1ccc(N(C=O)c2c[nH]c3c2C(=O)CCCC3)c(F)c1. The third kappa shape index (κ3) is 2.72. The van der Waals surface area contributed by atoms with Gasteiger partial charge >= 0.3 is 0 Å². The molecule has 1 amide bonds. The Labute approximate surface area is 133 Å². The van der Waals surface area contributed by atoms with Crippen LogP contribution in [0.1, 0.15) is 35.3 Å². The smallest absolute Gasteiger partial charge is 0.218 e. The van der Waals surface area contributed by atoms with E-state index in [1.54, 1.807) is 12.3 Å². The van der Waals surface area contributed by atoms with Crippen LogP contribution in [0.4, 0.5) is 15.8 Å². The molecule has 6 heteroatoms. The lowest BCUT2D eigenvalue weighted by atomic mass is 10.1. The van der Waals surface area contributed by atoms with Crippen LogP contribution in [0.3, 0.4) is 0 Å². The number of ketones is 1. The maximum Gasteiger partial charge on any atom is 0.218 e. The quantitative estimate of drug-likeness (QED) is 0.695. The van der Waals surface area contributed by atoms with Crippen LogP contribution < -0.4 is 9.64 Å². The van der Waals surface area contributed by atoms with Gasteiger partial charge in [0.25, 0.3) is 0 Å². The molecule has 0 bridgehead atoms. The largest absolute Gasteiger partial charge is 0.497 e. The van der Waals surface area contributed by atoms with Crippen LogP contribution in [0, 0.1) is 5.82 Å². The predicted molar refractivity (Wildman–Crippen MR) is 83.8 cm³/mol. The first-order chi connectivity index (χ1) is 11.2. The molecule has 1 aliphatic rings. The molecule has 0 unspecified atom stereocenters. The normalized spacial score (nSPS) is 14.1. The van der Waals surface area contributed by atoms with Crippen molar-refractivity contribution in [1.29, 1.82) is 0 Å². The van der Waals surface area contributed by atoms with Gasteiger partial charge in [0.2, 0.25) is 6.41 Å². The van der Waals surface area contributed by atoms with E-state index in [4.69, 9.17) is 4.74 Å². The van der Waals surface area contributed by atoms with Gasteiger partial charge in [0, 0.05) is 24.4 Å². The second kappa shape index (κ2) is 6.24. The van der Waals surface area contributed by atoms with Crippen molar-refractivity contribution in [1.82, 2.24) is 4.98 Å². The predicted octanol–water partition coefficient (Wildman–Crippen LogP) is 3.37. The van der Waals surface area contributed by atoms with Crippen LogP contribution in [-0.2, 0) is 11.2 Å². The van der Waals surface area contributed by atoms with E-state index in [1.165, 1.54) is 19.2 Å². The number of fused-ring (bicyclic) bond motifs is 1. The minimum atomic E-state index is -0.590. The average Bonchev–Trinajstić information content (AvgIpc) is 2.88. The number of aromatic nitrogens is 1. The molecular formula is C17H17FN2O3. The first kappa shape index (κ1) is 15.3. The number of carbonyl (C=O) groups is 2. The van der Waals surface area contributed by atoms with Crippen LogP contribution in [0.15, 0.2) is 24.4 Å². The Morgan fingerprint density at radius 1 is 1.26 bits per heavy atom. The second-order valence-electron chi connectivity index (χ2n) is 5.45. The lowest BCUT2D eigenvalue weighted by molar-refractivity contribution is -0.106. The molecule has 5 nitrogen and oxygen atoms in total. The van der Waals surface area contributed by atoms with Gasteiger partial charge in [0.05, 0.1) is 24.0 Å². The minimum Gasteiger partial charge on any atom is -0.497 e. The number of hydrogen-bond donors (Lipinski definition) is 1. The van der Waals surface area contributed by atoms with Gasteiger partial charge in [-0.05, 0) is 31.4 Å². The van der Waals surface area contributed by atoms with Crippen molar-refractivity contribution in [2.24, 2.45) is 0 Å². The van der Waals surface area contributed by atoms with Gasteiger partial charge in [0.15, 0.2) is 11.6 Å². The molecule has 0 saturated carbocycles. The Morgan fingerprint density at radius 2 is 2.04 bits per heavy atom. The van der Waals surface area contributed by atoms with E-state index in [1.807, 2.05) is 0 Å². The highest BCUT2D eigenvalue weighted by Gasteiger charge is 2.26. The molecule has 0 saturated heterocycles. The number of ether oxygens (including phenoxy) is 1. The zero-order chi connectivity index (χ0) is 16.4. The monoisotopic (exact) mass is 316 g/mol. The van der Waals surface area contributed by atoms with Gasteiger partial charge in [-0.3, -0.25) is 14.5 Å². The summed E-state index contributed by atoms with van der Waals surface area (Å²) < 4.78 is 19.3. The average molecular weight is 316 g/mol. The Morgan fingerprint density at radius 3 is 2.74 bits per heavy atom. The molecule has 1 aromatic heterocycles. The van der Waals surface area contributed by atoms with E-state index >= 15 is 0 Å². The molecule has 0 aliphatic heterocycles. The molecule has 1 aromatic carbocycles. The van der Waals surface area contributed by atoms with E-state index < -0.39 is 5.82 Å². The highest BCUT2D eigenvalue weighted by atomic mass is 19.1. The number of carbonyl (C=O) groups excluding carboxylic acids is 2. The molecule has 1 N–H and O–H groups in total. The Hall–Kier alpha value is -2.63. The number of methoxy groups -OCH3 is 1. The summed E-state index contributed by atoms with van der Waals surface area (Å²) in [4.78, 5) is 28.2. The third-order valence-corrected chi connectivity index (χ3v) is 4.08. The fourth-order valence-corrected chi connectivity index (χ4v) is 2.92. The number of aryl methyl sites for hydroxylation is 1. The number of halogens is 1. The van der Waals surface area contributed by atoms with Crippen molar-refractivity contribution in [3.63, 3.8) is 0 Å². The number of nitrogens with one attached hydrogen (secondary N) is 1. The maximum atomic E-state index is 14.3. The zero-order valence-corrected chi connectivity index (χ0v) is 12.8. The standard InChI is InChI=1S/C17H17FN2O3/c1-23-11-6-7-14(12(18)8-11)20(10-21)15-9-19-13-4-2-3-5-16(22)17(13)15/h6-10,19H,2-5H2,1H3. The zero-order valence-electron chi connectivity index (χ0n) is 12.8.